The molecule has 134 valence electrons. The molecule has 6 nitrogen and oxygen atoms in total. The standard InChI is InChI=1S/C18H22ClN3O3/c1-21-5-2-11(3-6-21)22-7-4-15-13(10-22)18(25-20-15)12-8-14(19)17(24)9-16(12)23/h8-9,11,23-24H,2-7,10H2,1H3. The summed E-state index contributed by atoms with van der Waals surface area (Å²) in [5.74, 6) is 0.341. The fraction of sp³-hybridized carbons (Fsp3) is 0.500. The van der Waals surface area contributed by atoms with Crippen LogP contribution in [0.25, 0.3) is 11.3 Å². The summed E-state index contributed by atoms with van der Waals surface area (Å²) in [6, 6.07) is 3.34. The number of aromatic nitrogens is 1. The van der Waals surface area contributed by atoms with Gasteiger partial charge in [0.25, 0.3) is 0 Å². The summed E-state index contributed by atoms with van der Waals surface area (Å²) in [5, 5.41) is 24.2. The van der Waals surface area contributed by atoms with Crippen molar-refractivity contribution in [1.29, 1.82) is 0 Å². The number of fused-ring (bicyclic) bond motifs is 1. The second-order valence-electron chi connectivity index (χ2n) is 7.01. The van der Waals surface area contributed by atoms with E-state index in [0.29, 0.717) is 17.4 Å². The summed E-state index contributed by atoms with van der Waals surface area (Å²) in [4.78, 5) is 4.86. The van der Waals surface area contributed by atoms with E-state index in [0.717, 1.165) is 43.9 Å². The normalized spacial score (nSPS) is 19.9. The summed E-state index contributed by atoms with van der Waals surface area (Å²) in [6.45, 7) is 3.99. The summed E-state index contributed by atoms with van der Waals surface area (Å²) in [5.41, 5.74) is 2.44. The van der Waals surface area contributed by atoms with Gasteiger partial charge in [-0.25, -0.2) is 0 Å². The number of nitrogens with zero attached hydrogens (tertiary/aromatic N) is 3. The molecule has 0 saturated carbocycles. The topological polar surface area (TPSA) is 73.0 Å². The first-order chi connectivity index (χ1) is 12.0. The lowest BCUT2D eigenvalue weighted by atomic mass is 9.96. The zero-order valence-corrected chi connectivity index (χ0v) is 15.0. The van der Waals surface area contributed by atoms with E-state index in [1.807, 2.05) is 0 Å². The van der Waals surface area contributed by atoms with E-state index in [2.05, 4.69) is 22.0 Å². The smallest absolute Gasteiger partial charge is 0.175 e. The molecule has 25 heavy (non-hydrogen) atoms. The first-order valence-corrected chi connectivity index (χ1v) is 9.02. The molecule has 0 radical (unpaired) electrons. The maximum Gasteiger partial charge on any atom is 0.175 e. The second-order valence-corrected chi connectivity index (χ2v) is 7.42. The van der Waals surface area contributed by atoms with Crippen LogP contribution in [0, 0.1) is 0 Å². The van der Waals surface area contributed by atoms with E-state index in [9.17, 15) is 10.2 Å². The Balaban J connectivity index is 1.63. The van der Waals surface area contributed by atoms with Crippen molar-refractivity contribution in [2.45, 2.75) is 31.8 Å². The molecule has 0 bridgehead atoms. The van der Waals surface area contributed by atoms with Crippen LogP contribution >= 0.6 is 11.6 Å². The number of phenolic OH excluding ortho intramolecular Hbond substituents is 2. The molecule has 1 aromatic carbocycles. The fourth-order valence-electron chi connectivity index (χ4n) is 3.85. The number of rotatable bonds is 2. The van der Waals surface area contributed by atoms with E-state index in [4.69, 9.17) is 16.1 Å². The van der Waals surface area contributed by atoms with Gasteiger partial charge in [-0.3, -0.25) is 4.90 Å². The van der Waals surface area contributed by atoms with Crippen LogP contribution in [-0.4, -0.2) is 57.9 Å². The van der Waals surface area contributed by atoms with Crippen molar-refractivity contribution in [2.75, 3.05) is 26.7 Å². The van der Waals surface area contributed by atoms with Crippen molar-refractivity contribution in [2.24, 2.45) is 0 Å². The molecular weight excluding hydrogens is 342 g/mol. The van der Waals surface area contributed by atoms with Crippen LogP contribution in [0.1, 0.15) is 24.1 Å². The number of halogens is 1. The van der Waals surface area contributed by atoms with Crippen LogP contribution in [0.15, 0.2) is 16.7 Å². The highest BCUT2D eigenvalue weighted by Gasteiger charge is 2.31. The Labute approximate surface area is 151 Å². The van der Waals surface area contributed by atoms with Gasteiger partial charge >= 0.3 is 0 Å². The Morgan fingerprint density at radius 1 is 1.16 bits per heavy atom. The molecular formula is C18H22ClN3O3. The molecule has 0 spiro atoms. The molecule has 0 unspecified atom stereocenters. The predicted octanol–water partition coefficient (Wildman–Crippen LogP) is 2.86. The highest BCUT2D eigenvalue weighted by atomic mass is 35.5. The van der Waals surface area contributed by atoms with Crippen molar-refractivity contribution in [1.82, 2.24) is 15.0 Å². The third-order valence-corrected chi connectivity index (χ3v) is 5.68. The Kier molecular flexibility index (Phi) is 4.35. The molecule has 2 aliphatic rings. The molecule has 0 amide bonds. The van der Waals surface area contributed by atoms with Crippen LogP contribution < -0.4 is 0 Å². The number of aromatic hydroxyl groups is 2. The van der Waals surface area contributed by atoms with Crippen LogP contribution in [0.3, 0.4) is 0 Å². The highest BCUT2D eigenvalue weighted by Crippen LogP contribution is 2.40. The van der Waals surface area contributed by atoms with E-state index in [1.54, 1.807) is 0 Å². The summed E-state index contributed by atoms with van der Waals surface area (Å²) in [7, 11) is 2.17. The molecule has 7 heteroatoms. The minimum Gasteiger partial charge on any atom is -0.507 e. The highest BCUT2D eigenvalue weighted by molar-refractivity contribution is 6.32. The van der Waals surface area contributed by atoms with Crippen molar-refractivity contribution in [3.8, 4) is 22.8 Å². The Morgan fingerprint density at radius 3 is 2.68 bits per heavy atom. The lowest BCUT2D eigenvalue weighted by molar-refractivity contribution is 0.109. The molecule has 3 heterocycles. The van der Waals surface area contributed by atoms with E-state index in [-0.39, 0.29) is 16.5 Å². The van der Waals surface area contributed by atoms with Crippen molar-refractivity contribution >= 4 is 11.6 Å². The van der Waals surface area contributed by atoms with Gasteiger partial charge in [-0.05, 0) is 39.0 Å². The predicted molar refractivity (Wildman–Crippen MR) is 94.9 cm³/mol. The maximum absolute atomic E-state index is 10.2. The van der Waals surface area contributed by atoms with Crippen LogP contribution in [0.5, 0.6) is 11.5 Å². The first kappa shape index (κ1) is 16.7. The Hall–Kier alpha value is -1.76. The van der Waals surface area contributed by atoms with Gasteiger partial charge in [-0.15, -0.1) is 0 Å². The lowest BCUT2D eigenvalue weighted by Crippen LogP contribution is -2.45. The second kappa shape index (κ2) is 6.52. The summed E-state index contributed by atoms with van der Waals surface area (Å²) in [6.07, 6.45) is 3.18. The zero-order valence-electron chi connectivity index (χ0n) is 14.2. The van der Waals surface area contributed by atoms with E-state index >= 15 is 0 Å². The number of hydrogen-bond donors (Lipinski definition) is 2. The average molecular weight is 364 g/mol. The molecule has 1 saturated heterocycles. The van der Waals surface area contributed by atoms with Gasteiger partial charge in [-0.1, -0.05) is 16.8 Å². The summed E-state index contributed by atoms with van der Waals surface area (Å²) < 4.78 is 5.55. The van der Waals surface area contributed by atoms with Crippen LogP contribution in [0.4, 0.5) is 0 Å². The Bertz CT molecular complexity index is 784. The first-order valence-electron chi connectivity index (χ1n) is 8.65. The quantitative estimate of drug-likeness (QED) is 0.854. The minimum absolute atomic E-state index is 0.0581. The number of hydrogen-bond acceptors (Lipinski definition) is 6. The van der Waals surface area contributed by atoms with Gasteiger partial charge in [0.05, 0.1) is 16.3 Å². The molecule has 2 aliphatic heterocycles. The third-order valence-electron chi connectivity index (χ3n) is 5.38. The number of piperidine rings is 1. The molecule has 2 aromatic rings. The molecule has 4 rings (SSSR count). The van der Waals surface area contributed by atoms with E-state index < -0.39 is 0 Å². The molecule has 1 fully saturated rings. The van der Waals surface area contributed by atoms with Crippen molar-refractivity contribution in [3.05, 3.63) is 28.4 Å². The molecule has 0 atom stereocenters. The van der Waals surface area contributed by atoms with Crippen molar-refractivity contribution < 1.29 is 14.7 Å². The number of phenols is 2. The van der Waals surface area contributed by atoms with Gasteiger partial charge < -0.3 is 19.6 Å². The van der Waals surface area contributed by atoms with Crippen molar-refractivity contribution in [3.63, 3.8) is 0 Å². The van der Waals surface area contributed by atoms with Gasteiger partial charge in [0, 0.05) is 37.2 Å². The van der Waals surface area contributed by atoms with Gasteiger partial charge in [-0.2, -0.15) is 0 Å². The molecule has 1 aromatic heterocycles. The molecule has 0 aliphatic carbocycles. The lowest BCUT2D eigenvalue weighted by Gasteiger charge is -2.38. The van der Waals surface area contributed by atoms with Gasteiger partial charge in [0.1, 0.15) is 11.5 Å². The minimum atomic E-state index is -0.149. The summed E-state index contributed by atoms with van der Waals surface area (Å²) >= 11 is 6.01. The number of benzene rings is 1. The van der Waals surface area contributed by atoms with Gasteiger partial charge in [0.2, 0.25) is 0 Å². The largest absolute Gasteiger partial charge is 0.507 e. The Morgan fingerprint density at radius 2 is 1.92 bits per heavy atom. The zero-order chi connectivity index (χ0) is 17.6. The van der Waals surface area contributed by atoms with Gasteiger partial charge in [0.15, 0.2) is 5.76 Å². The third kappa shape index (κ3) is 3.10. The SMILES string of the molecule is CN1CCC(N2CCc3noc(-c4cc(Cl)c(O)cc4O)c3C2)CC1. The monoisotopic (exact) mass is 363 g/mol. The van der Waals surface area contributed by atoms with E-state index in [1.165, 1.54) is 25.0 Å². The van der Waals surface area contributed by atoms with Crippen LogP contribution in [-0.2, 0) is 13.0 Å². The fourth-order valence-corrected chi connectivity index (χ4v) is 4.01. The maximum atomic E-state index is 10.2. The van der Waals surface area contributed by atoms with Crippen LogP contribution in [0.2, 0.25) is 5.02 Å². The average Bonchev–Trinajstić information content (AvgIpc) is 3.02. The number of likely N-dealkylation sites (tertiary alicyclic amines) is 1. The molecule has 2 N–H and O–H groups in total.